The molecule has 0 saturated heterocycles. The average molecular weight is 142 g/mol. The van der Waals surface area contributed by atoms with Crippen molar-refractivity contribution < 1.29 is 9.47 Å². The molecule has 2 nitrogen and oxygen atoms in total. The fourth-order valence-electron chi connectivity index (χ4n) is 0.426. The van der Waals surface area contributed by atoms with Crippen molar-refractivity contribution in [1.29, 1.82) is 0 Å². The van der Waals surface area contributed by atoms with Crippen LogP contribution in [0.15, 0.2) is 24.0 Å². The molecule has 0 aromatic heterocycles. The standard InChI is InChI=1S/C6H8O2.C2H6/c1-5-6(2)8-4-3-7-5;1-2/h3-4H,1-2H3;1-2H3. The van der Waals surface area contributed by atoms with Crippen molar-refractivity contribution in [2.24, 2.45) is 0 Å². The number of allylic oxidation sites excluding steroid dienone is 2. The van der Waals surface area contributed by atoms with Gasteiger partial charge in [-0.15, -0.1) is 0 Å². The van der Waals surface area contributed by atoms with E-state index in [1.54, 1.807) is 0 Å². The third kappa shape index (κ3) is 2.58. The lowest BCUT2D eigenvalue weighted by Crippen LogP contribution is -1.92. The largest absolute Gasteiger partial charge is 0.463 e. The molecule has 0 aliphatic carbocycles. The number of hydrogen-bond donors (Lipinski definition) is 0. The van der Waals surface area contributed by atoms with E-state index in [4.69, 9.17) is 9.47 Å². The molecule has 0 radical (unpaired) electrons. The van der Waals surface area contributed by atoms with Crippen molar-refractivity contribution in [1.82, 2.24) is 0 Å². The zero-order chi connectivity index (χ0) is 7.98. The van der Waals surface area contributed by atoms with Gasteiger partial charge in [0.25, 0.3) is 0 Å². The summed E-state index contributed by atoms with van der Waals surface area (Å²) in [5.41, 5.74) is 0. The molecule has 0 unspecified atom stereocenters. The lowest BCUT2D eigenvalue weighted by Gasteiger charge is -2.09. The molecule has 0 aromatic carbocycles. The van der Waals surface area contributed by atoms with Gasteiger partial charge in [-0.2, -0.15) is 0 Å². The van der Waals surface area contributed by atoms with Gasteiger partial charge in [0.15, 0.2) is 0 Å². The molecule has 0 aromatic rings. The maximum atomic E-state index is 4.96. The van der Waals surface area contributed by atoms with Gasteiger partial charge in [-0.05, 0) is 13.8 Å². The Morgan fingerprint density at radius 3 is 1.40 bits per heavy atom. The summed E-state index contributed by atoms with van der Waals surface area (Å²) in [6.07, 6.45) is 3.03. The van der Waals surface area contributed by atoms with Crippen molar-refractivity contribution in [2.75, 3.05) is 0 Å². The molecule has 0 N–H and O–H groups in total. The molecule has 0 bridgehead atoms. The maximum absolute atomic E-state index is 4.96. The molecule has 1 heterocycles. The van der Waals surface area contributed by atoms with Crippen molar-refractivity contribution in [3.8, 4) is 0 Å². The monoisotopic (exact) mass is 142 g/mol. The lowest BCUT2D eigenvalue weighted by molar-refractivity contribution is 0.230. The maximum Gasteiger partial charge on any atom is 0.138 e. The fraction of sp³-hybridized carbons (Fsp3) is 0.500. The van der Waals surface area contributed by atoms with E-state index in [-0.39, 0.29) is 0 Å². The van der Waals surface area contributed by atoms with Crippen LogP contribution in [-0.4, -0.2) is 0 Å². The number of rotatable bonds is 0. The summed E-state index contributed by atoms with van der Waals surface area (Å²) in [7, 11) is 0. The Balaban J connectivity index is 0.000000371. The highest BCUT2D eigenvalue weighted by Gasteiger charge is 1.99. The van der Waals surface area contributed by atoms with E-state index in [9.17, 15) is 0 Å². The quantitative estimate of drug-likeness (QED) is 0.517. The predicted molar refractivity (Wildman–Crippen MR) is 41.0 cm³/mol. The van der Waals surface area contributed by atoms with E-state index < -0.39 is 0 Å². The minimum Gasteiger partial charge on any atom is -0.463 e. The molecule has 0 saturated carbocycles. The van der Waals surface area contributed by atoms with Crippen LogP contribution in [0.25, 0.3) is 0 Å². The van der Waals surface area contributed by atoms with Gasteiger partial charge in [0.2, 0.25) is 0 Å². The highest BCUT2D eigenvalue weighted by Crippen LogP contribution is 2.11. The van der Waals surface area contributed by atoms with E-state index >= 15 is 0 Å². The van der Waals surface area contributed by atoms with Gasteiger partial charge in [-0.1, -0.05) is 13.8 Å². The molecule has 0 spiro atoms. The summed E-state index contributed by atoms with van der Waals surface area (Å²) >= 11 is 0. The third-order valence-electron chi connectivity index (χ3n) is 1.04. The average Bonchev–Trinajstić information content (AvgIpc) is 2.00. The highest BCUT2D eigenvalue weighted by atomic mass is 16.5. The number of ether oxygens (including phenoxy) is 2. The molecule has 10 heavy (non-hydrogen) atoms. The summed E-state index contributed by atoms with van der Waals surface area (Å²) in [5, 5.41) is 0. The Morgan fingerprint density at radius 1 is 0.900 bits per heavy atom. The van der Waals surface area contributed by atoms with Crippen LogP contribution in [0.1, 0.15) is 27.7 Å². The van der Waals surface area contributed by atoms with E-state index in [2.05, 4.69) is 0 Å². The third-order valence-corrected chi connectivity index (χ3v) is 1.04. The Morgan fingerprint density at radius 2 is 1.20 bits per heavy atom. The molecule has 0 fully saturated rings. The van der Waals surface area contributed by atoms with Crippen LogP contribution in [0.3, 0.4) is 0 Å². The van der Waals surface area contributed by atoms with Gasteiger partial charge in [-0.3, -0.25) is 0 Å². The second kappa shape index (κ2) is 4.91. The van der Waals surface area contributed by atoms with Crippen LogP contribution < -0.4 is 0 Å². The molecule has 0 atom stereocenters. The summed E-state index contributed by atoms with van der Waals surface area (Å²) in [4.78, 5) is 0. The molecule has 0 amide bonds. The first kappa shape index (κ1) is 9.08. The smallest absolute Gasteiger partial charge is 0.138 e. The Kier molecular flexibility index (Phi) is 4.46. The highest BCUT2D eigenvalue weighted by molar-refractivity contribution is 5.00. The van der Waals surface area contributed by atoms with Crippen LogP contribution in [0.2, 0.25) is 0 Å². The van der Waals surface area contributed by atoms with Crippen LogP contribution in [0.5, 0.6) is 0 Å². The van der Waals surface area contributed by atoms with Crippen molar-refractivity contribution >= 4 is 0 Å². The first-order valence-electron chi connectivity index (χ1n) is 3.46. The topological polar surface area (TPSA) is 18.5 Å². The molecule has 58 valence electrons. The Hall–Kier alpha value is -0.920. The van der Waals surface area contributed by atoms with Gasteiger partial charge in [-0.25, -0.2) is 0 Å². The van der Waals surface area contributed by atoms with Gasteiger partial charge in [0, 0.05) is 0 Å². The van der Waals surface area contributed by atoms with E-state index in [1.165, 1.54) is 12.5 Å². The van der Waals surface area contributed by atoms with Crippen molar-refractivity contribution in [3.05, 3.63) is 24.0 Å². The lowest BCUT2D eigenvalue weighted by atomic mass is 10.4. The van der Waals surface area contributed by atoms with Crippen LogP contribution >= 0.6 is 0 Å². The molecule has 2 heteroatoms. The number of hydrogen-bond acceptors (Lipinski definition) is 2. The molecule has 1 aliphatic heterocycles. The van der Waals surface area contributed by atoms with E-state index in [0.717, 1.165) is 11.5 Å². The second-order valence-corrected chi connectivity index (χ2v) is 1.62. The zero-order valence-corrected chi connectivity index (χ0v) is 6.97. The fourth-order valence-corrected chi connectivity index (χ4v) is 0.426. The van der Waals surface area contributed by atoms with E-state index in [0.29, 0.717) is 0 Å². The summed E-state index contributed by atoms with van der Waals surface area (Å²) in [6, 6.07) is 0. The predicted octanol–water partition coefficient (Wildman–Crippen LogP) is 2.78. The van der Waals surface area contributed by atoms with Gasteiger partial charge in [0.05, 0.1) is 0 Å². The van der Waals surface area contributed by atoms with Gasteiger partial charge < -0.3 is 9.47 Å². The summed E-state index contributed by atoms with van der Waals surface area (Å²) in [6.45, 7) is 7.72. The SMILES string of the molecule is CC.CC1=C(C)OC=CO1. The minimum atomic E-state index is 0.826. The first-order valence-corrected chi connectivity index (χ1v) is 3.46. The second-order valence-electron chi connectivity index (χ2n) is 1.62. The Bertz CT molecular complexity index is 129. The summed E-state index contributed by atoms with van der Waals surface area (Å²) in [5.74, 6) is 1.65. The molecular formula is C8H14O2. The van der Waals surface area contributed by atoms with Gasteiger partial charge >= 0.3 is 0 Å². The zero-order valence-electron chi connectivity index (χ0n) is 6.97. The first-order chi connectivity index (χ1) is 4.80. The van der Waals surface area contributed by atoms with Crippen molar-refractivity contribution in [3.63, 3.8) is 0 Å². The minimum absolute atomic E-state index is 0.826. The van der Waals surface area contributed by atoms with E-state index in [1.807, 2.05) is 27.7 Å². The van der Waals surface area contributed by atoms with Crippen LogP contribution in [0, 0.1) is 0 Å². The van der Waals surface area contributed by atoms with Gasteiger partial charge in [0.1, 0.15) is 24.0 Å². The molecule has 1 aliphatic rings. The normalized spacial score (nSPS) is 14.8. The Labute approximate surface area is 62.1 Å². The van der Waals surface area contributed by atoms with Crippen LogP contribution in [0.4, 0.5) is 0 Å². The summed E-state index contributed by atoms with van der Waals surface area (Å²) < 4.78 is 9.93. The molecule has 1 rings (SSSR count). The van der Waals surface area contributed by atoms with Crippen LogP contribution in [-0.2, 0) is 9.47 Å². The molecular weight excluding hydrogens is 128 g/mol. The van der Waals surface area contributed by atoms with Crippen molar-refractivity contribution in [2.45, 2.75) is 27.7 Å².